The van der Waals surface area contributed by atoms with Crippen LogP contribution in [0.2, 0.25) is 0 Å². The highest BCUT2D eigenvalue weighted by Gasteiger charge is 2.19. The van der Waals surface area contributed by atoms with Gasteiger partial charge in [-0.05, 0) is 20.8 Å². The average molecular weight is 214 g/mol. The van der Waals surface area contributed by atoms with Crippen LogP contribution in [0.5, 0.6) is 0 Å². The Labute approximate surface area is 89.9 Å². The van der Waals surface area contributed by atoms with Gasteiger partial charge in [-0.3, -0.25) is 9.59 Å². The van der Waals surface area contributed by atoms with E-state index in [1.54, 1.807) is 20.8 Å². The first-order valence-electron chi connectivity index (χ1n) is 4.79. The van der Waals surface area contributed by atoms with E-state index < -0.39 is 17.7 Å². The fourth-order valence-electron chi connectivity index (χ4n) is 0.927. The van der Waals surface area contributed by atoms with Crippen LogP contribution in [0.1, 0.15) is 33.6 Å². The van der Waals surface area contributed by atoms with Crippen molar-refractivity contribution in [3.8, 4) is 0 Å². The van der Waals surface area contributed by atoms with E-state index in [0.717, 1.165) is 0 Å². The molecule has 1 unspecified atom stereocenters. The third kappa shape index (κ3) is 7.88. The van der Waals surface area contributed by atoms with Crippen molar-refractivity contribution in [1.82, 2.24) is 0 Å². The molecule has 0 saturated carbocycles. The Morgan fingerprint density at radius 1 is 1.47 bits per heavy atom. The molecular weight excluding hydrogens is 196 g/mol. The van der Waals surface area contributed by atoms with E-state index in [2.05, 4.69) is 6.58 Å². The van der Waals surface area contributed by atoms with Crippen molar-refractivity contribution in [2.45, 2.75) is 45.3 Å². The maximum atomic E-state index is 11.2. The van der Waals surface area contributed by atoms with Gasteiger partial charge in [0.25, 0.3) is 0 Å². The highest BCUT2D eigenvalue weighted by molar-refractivity contribution is 5.95. The van der Waals surface area contributed by atoms with Crippen LogP contribution in [0.15, 0.2) is 12.7 Å². The van der Waals surface area contributed by atoms with Crippen LogP contribution >= 0.6 is 0 Å². The molecule has 0 spiro atoms. The Bertz CT molecular complexity index is 250. The van der Waals surface area contributed by atoms with Crippen molar-refractivity contribution >= 4 is 11.8 Å². The Morgan fingerprint density at radius 3 is 2.40 bits per heavy atom. The molecule has 1 atom stereocenters. The second-order valence-corrected chi connectivity index (χ2v) is 4.31. The van der Waals surface area contributed by atoms with Gasteiger partial charge in [-0.25, -0.2) is 0 Å². The van der Waals surface area contributed by atoms with Crippen molar-refractivity contribution in [3.05, 3.63) is 12.7 Å². The third-order valence-electron chi connectivity index (χ3n) is 1.47. The molecule has 0 bridgehead atoms. The first-order valence-corrected chi connectivity index (χ1v) is 4.79. The number of hydrogen-bond acceptors (Lipinski definition) is 4. The Hall–Kier alpha value is -1.16. The summed E-state index contributed by atoms with van der Waals surface area (Å²) >= 11 is 0. The summed E-state index contributed by atoms with van der Waals surface area (Å²) in [4.78, 5) is 22.4. The van der Waals surface area contributed by atoms with Crippen LogP contribution in [0.3, 0.4) is 0 Å². The number of carbonyl (C=O) groups is 2. The Morgan fingerprint density at radius 2 is 2.00 bits per heavy atom. The molecule has 0 aliphatic rings. The van der Waals surface area contributed by atoms with Crippen molar-refractivity contribution in [2.75, 3.05) is 0 Å². The molecule has 4 heteroatoms. The standard InChI is InChI=1S/C11H18O4/c1-5-8(12)6-9(13)7-10(14)15-11(2,3)4/h5,8,12H,1,6-7H2,2-4H3. The maximum absolute atomic E-state index is 11.2. The van der Waals surface area contributed by atoms with Crippen LogP contribution in [-0.4, -0.2) is 28.6 Å². The molecule has 0 aliphatic heterocycles. The van der Waals surface area contributed by atoms with Crippen molar-refractivity contribution in [1.29, 1.82) is 0 Å². The fourth-order valence-corrected chi connectivity index (χ4v) is 0.927. The predicted molar refractivity (Wildman–Crippen MR) is 56.3 cm³/mol. The van der Waals surface area contributed by atoms with Gasteiger partial charge >= 0.3 is 5.97 Å². The minimum atomic E-state index is -0.889. The van der Waals surface area contributed by atoms with E-state index in [0.29, 0.717) is 0 Å². The smallest absolute Gasteiger partial charge is 0.313 e. The molecule has 0 amide bonds. The predicted octanol–water partition coefficient (Wildman–Crippen LogP) is 1.22. The molecule has 0 aromatic rings. The molecule has 0 saturated heterocycles. The van der Waals surface area contributed by atoms with E-state index in [-0.39, 0.29) is 18.6 Å². The number of esters is 1. The quantitative estimate of drug-likeness (QED) is 0.424. The molecule has 0 fully saturated rings. The number of hydrogen-bond donors (Lipinski definition) is 1. The SMILES string of the molecule is C=CC(O)CC(=O)CC(=O)OC(C)(C)C. The molecule has 1 N–H and O–H groups in total. The lowest BCUT2D eigenvalue weighted by Gasteiger charge is -2.19. The van der Waals surface area contributed by atoms with Crippen LogP contribution in [-0.2, 0) is 14.3 Å². The van der Waals surface area contributed by atoms with E-state index in [9.17, 15) is 9.59 Å². The lowest BCUT2D eigenvalue weighted by molar-refractivity contribution is -0.156. The normalized spacial score (nSPS) is 13.1. The molecule has 0 radical (unpaired) electrons. The van der Waals surface area contributed by atoms with Gasteiger partial charge in [0, 0.05) is 6.42 Å². The van der Waals surface area contributed by atoms with E-state index in [4.69, 9.17) is 9.84 Å². The van der Waals surface area contributed by atoms with E-state index >= 15 is 0 Å². The lowest BCUT2D eigenvalue weighted by atomic mass is 10.1. The minimum Gasteiger partial charge on any atom is -0.460 e. The zero-order valence-corrected chi connectivity index (χ0v) is 9.45. The number of ether oxygens (including phenoxy) is 1. The van der Waals surface area contributed by atoms with Crippen molar-refractivity contribution < 1.29 is 19.4 Å². The van der Waals surface area contributed by atoms with Gasteiger partial charge in [0.1, 0.15) is 17.8 Å². The van der Waals surface area contributed by atoms with Gasteiger partial charge in [-0.15, -0.1) is 6.58 Å². The summed E-state index contributed by atoms with van der Waals surface area (Å²) in [5.41, 5.74) is -0.589. The highest BCUT2D eigenvalue weighted by Crippen LogP contribution is 2.09. The van der Waals surface area contributed by atoms with Crippen LogP contribution in [0.25, 0.3) is 0 Å². The molecule has 4 nitrogen and oxygen atoms in total. The summed E-state index contributed by atoms with van der Waals surface area (Å²) in [5.74, 6) is -0.916. The number of aliphatic hydroxyl groups excluding tert-OH is 1. The molecule has 0 aromatic heterocycles. The van der Waals surface area contributed by atoms with E-state index in [1.165, 1.54) is 6.08 Å². The van der Waals surface area contributed by atoms with Gasteiger partial charge in [0.15, 0.2) is 0 Å². The number of Topliss-reactive ketones (excluding diaryl/α,β-unsaturated/α-hetero) is 1. The molecular formula is C11H18O4. The summed E-state index contributed by atoms with van der Waals surface area (Å²) in [6.07, 6.45) is -0.0299. The number of rotatable bonds is 5. The Kier molecular flexibility index (Phi) is 5.22. The largest absolute Gasteiger partial charge is 0.460 e. The molecule has 0 aliphatic carbocycles. The molecule has 0 aromatic carbocycles. The summed E-state index contributed by atoms with van der Waals surface area (Å²) in [6, 6.07) is 0. The first kappa shape index (κ1) is 13.8. The second-order valence-electron chi connectivity index (χ2n) is 4.31. The van der Waals surface area contributed by atoms with Gasteiger partial charge in [-0.1, -0.05) is 6.08 Å². The second kappa shape index (κ2) is 5.66. The van der Waals surface area contributed by atoms with Crippen LogP contribution in [0.4, 0.5) is 0 Å². The molecule has 0 heterocycles. The van der Waals surface area contributed by atoms with Crippen molar-refractivity contribution in [3.63, 3.8) is 0 Å². The third-order valence-corrected chi connectivity index (χ3v) is 1.47. The lowest BCUT2D eigenvalue weighted by Crippen LogP contribution is -2.26. The zero-order chi connectivity index (χ0) is 12.1. The summed E-state index contributed by atoms with van der Waals surface area (Å²) < 4.78 is 4.96. The Balaban J connectivity index is 3.97. The van der Waals surface area contributed by atoms with Crippen molar-refractivity contribution in [2.24, 2.45) is 0 Å². The zero-order valence-electron chi connectivity index (χ0n) is 9.45. The number of carbonyl (C=O) groups excluding carboxylic acids is 2. The fraction of sp³-hybridized carbons (Fsp3) is 0.636. The maximum Gasteiger partial charge on any atom is 0.313 e. The summed E-state index contributed by atoms with van der Waals surface area (Å²) in [7, 11) is 0. The average Bonchev–Trinajstić information content (AvgIpc) is 1.99. The number of ketones is 1. The van der Waals surface area contributed by atoms with Gasteiger partial charge in [0.05, 0.1) is 6.10 Å². The molecule has 0 rings (SSSR count). The van der Waals surface area contributed by atoms with E-state index in [1.807, 2.05) is 0 Å². The first-order chi connectivity index (χ1) is 6.74. The monoisotopic (exact) mass is 214 g/mol. The summed E-state index contributed by atoms with van der Waals surface area (Å²) in [5, 5.41) is 9.08. The number of aliphatic hydroxyl groups is 1. The minimum absolute atomic E-state index is 0.0945. The summed E-state index contributed by atoms with van der Waals surface area (Å²) in [6.45, 7) is 8.52. The topological polar surface area (TPSA) is 63.6 Å². The highest BCUT2D eigenvalue weighted by atomic mass is 16.6. The van der Waals surface area contributed by atoms with Gasteiger partial charge in [0.2, 0.25) is 0 Å². The molecule has 15 heavy (non-hydrogen) atoms. The molecule has 86 valence electrons. The van der Waals surface area contributed by atoms with Gasteiger partial charge in [-0.2, -0.15) is 0 Å². The van der Waals surface area contributed by atoms with Gasteiger partial charge < -0.3 is 9.84 Å². The van der Waals surface area contributed by atoms with Crippen LogP contribution < -0.4 is 0 Å². The van der Waals surface area contributed by atoms with Crippen LogP contribution in [0, 0.1) is 0 Å².